The molecular weight excluding hydrogens is 204 g/mol. The quantitative estimate of drug-likeness (QED) is 0.556. The fourth-order valence-electron chi connectivity index (χ4n) is 1.32. The molecule has 1 aromatic rings. The Labute approximate surface area is 95.8 Å². The third-order valence-corrected chi connectivity index (χ3v) is 2.25. The number of ether oxygens (including phenoxy) is 1. The fourth-order valence-corrected chi connectivity index (χ4v) is 1.32. The van der Waals surface area contributed by atoms with Crippen molar-refractivity contribution in [3.05, 3.63) is 29.8 Å². The van der Waals surface area contributed by atoms with E-state index in [0.29, 0.717) is 19.6 Å². The van der Waals surface area contributed by atoms with Crippen molar-refractivity contribution in [1.82, 2.24) is 5.32 Å². The fraction of sp³-hybridized carbons (Fsp3) is 0.417. The predicted octanol–water partition coefficient (Wildman–Crippen LogP) is 0.964. The number of nitrogen functional groups attached to an aromatic ring is 1. The molecule has 0 fully saturated rings. The zero-order valence-corrected chi connectivity index (χ0v) is 9.53. The van der Waals surface area contributed by atoms with Crippen LogP contribution < -0.4 is 11.1 Å². The molecule has 3 N–H and O–H groups in total. The number of benzene rings is 1. The van der Waals surface area contributed by atoms with Crippen molar-refractivity contribution < 1.29 is 9.53 Å². The number of hydrogen-bond donors (Lipinski definition) is 2. The molecule has 0 atom stereocenters. The monoisotopic (exact) mass is 222 g/mol. The summed E-state index contributed by atoms with van der Waals surface area (Å²) >= 11 is 0. The number of carbonyl (C=O) groups is 1. The highest BCUT2D eigenvalue weighted by atomic mass is 16.5. The molecule has 0 aliphatic heterocycles. The summed E-state index contributed by atoms with van der Waals surface area (Å²) in [5, 5.41) is 2.78. The van der Waals surface area contributed by atoms with E-state index in [9.17, 15) is 4.79 Å². The van der Waals surface area contributed by atoms with E-state index in [1.807, 2.05) is 24.3 Å². The van der Waals surface area contributed by atoms with Gasteiger partial charge in [0.25, 0.3) is 0 Å². The van der Waals surface area contributed by atoms with E-state index in [2.05, 4.69) is 5.32 Å². The second-order valence-corrected chi connectivity index (χ2v) is 3.58. The minimum atomic E-state index is 0.0499. The number of nitrogens with one attached hydrogen (secondary N) is 1. The van der Waals surface area contributed by atoms with Gasteiger partial charge in [-0.1, -0.05) is 12.1 Å². The molecule has 0 radical (unpaired) electrons. The first-order valence-corrected chi connectivity index (χ1v) is 5.32. The van der Waals surface area contributed by atoms with Gasteiger partial charge >= 0.3 is 0 Å². The second kappa shape index (κ2) is 6.85. The Morgan fingerprint density at radius 2 is 2.06 bits per heavy atom. The van der Waals surface area contributed by atoms with Crippen molar-refractivity contribution in [2.75, 3.05) is 26.0 Å². The van der Waals surface area contributed by atoms with Crippen LogP contribution in [0.5, 0.6) is 0 Å². The van der Waals surface area contributed by atoms with E-state index in [1.165, 1.54) is 0 Å². The van der Waals surface area contributed by atoms with E-state index in [0.717, 1.165) is 17.7 Å². The van der Waals surface area contributed by atoms with Gasteiger partial charge in [0.05, 0.1) is 6.61 Å². The molecule has 88 valence electrons. The third-order valence-electron chi connectivity index (χ3n) is 2.25. The van der Waals surface area contributed by atoms with E-state index in [1.54, 1.807) is 7.11 Å². The van der Waals surface area contributed by atoms with Gasteiger partial charge in [-0.15, -0.1) is 0 Å². The maximum atomic E-state index is 11.4. The van der Waals surface area contributed by atoms with Gasteiger partial charge in [0.1, 0.15) is 0 Å². The molecule has 0 saturated heterocycles. The topological polar surface area (TPSA) is 64.3 Å². The molecule has 1 aromatic carbocycles. The summed E-state index contributed by atoms with van der Waals surface area (Å²) in [6.07, 6.45) is 1.23. The average Bonchev–Trinajstić information content (AvgIpc) is 2.29. The minimum Gasteiger partial charge on any atom is -0.399 e. The third kappa shape index (κ3) is 4.79. The van der Waals surface area contributed by atoms with Gasteiger partial charge in [-0.3, -0.25) is 4.79 Å². The normalized spacial score (nSPS) is 10.1. The van der Waals surface area contributed by atoms with E-state index < -0.39 is 0 Å². The van der Waals surface area contributed by atoms with E-state index >= 15 is 0 Å². The molecule has 0 saturated carbocycles. The Bertz CT molecular complexity index is 322. The van der Waals surface area contributed by atoms with Crippen molar-refractivity contribution >= 4 is 11.6 Å². The maximum absolute atomic E-state index is 11.4. The average molecular weight is 222 g/mol. The number of anilines is 1. The molecule has 0 unspecified atom stereocenters. The molecule has 1 rings (SSSR count). The van der Waals surface area contributed by atoms with Gasteiger partial charge in [-0.25, -0.2) is 0 Å². The molecular formula is C12H18N2O2. The van der Waals surface area contributed by atoms with Crippen molar-refractivity contribution in [3.8, 4) is 0 Å². The Balaban J connectivity index is 2.23. The molecule has 0 aliphatic rings. The van der Waals surface area contributed by atoms with Gasteiger partial charge in [-0.05, 0) is 24.1 Å². The summed E-state index contributed by atoms with van der Waals surface area (Å²) < 4.78 is 4.84. The highest BCUT2D eigenvalue weighted by Gasteiger charge is 2.01. The van der Waals surface area contributed by atoms with Crippen LogP contribution in [0, 0.1) is 0 Å². The highest BCUT2D eigenvalue weighted by molar-refractivity contribution is 5.76. The maximum Gasteiger partial charge on any atom is 0.220 e. The van der Waals surface area contributed by atoms with Crippen LogP contribution in [0.15, 0.2) is 24.3 Å². The lowest BCUT2D eigenvalue weighted by Gasteiger charge is -2.04. The largest absolute Gasteiger partial charge is 0.399 e. The Morgan fingerprint density at radius 1 is 1.38 bits per heavy atom. The van der Waals surface area contributed by atoms with Gasteiger partial charge in [-0.2, -0.15) is 0 Å². The molecule has 0 aliphatic carbocycles. The van der Waals surface area contributed by atoms with Crippen LogP contribution in [0.2, 0.25) is 0 Å². The Hall–Kier alpha value is -1.55. The van der Waals surface area contributed by atoms with Crippen LogP contribution in [0.1, 0.15) is 12.0 Å². The molecule has 0 aromatic heterocycles. The van der Waals surface area contributed by atoms with Crippen LogP contribution in [0.4, 0.5) is 5.69 Å². The zero-order valence-electron chi connectivity index (χ0n) is 9.53. The molecule has 4 heteroatoms. The molecule has 1 amide bonds. The highest BCUT2D eigenvalue weighted by Crippen LogP contribution is 2.07. The summed E-state index contributed by atoms with van der Waals surface area (Å²) in [6.45, 7) is 1.12. The summed E-state index contributed by atoms with van der Waals surface area (Å²) in [5.74, 6) is 0.0499. The zero-order chi connectivity index (χ0) is 11.8. The lowest BCUT2D eigenvalue weighted by Crippen LogP contribution is -2.27. The SMILES string of the molecule is COCCNC(=O)CCc1ccc(N)cc1. The molecule has 16 heavy (non-hydrogen) atoms. The lowest BCUT2D eigenvalue weighted by molar-refractivity contribution is -0.121. The Kier molecular flexibility index (Phi) is 5.36. The number of carbonyl (C=O) groups excluding carboxylic acids is 1. The van der Waals surface area contributed by atoms with Crippen LogP contribution >= 0.6 is 0 Å². The molecule has 0 bridgehead atoms. The first-order valence-electron chi connectivity index (χ1n) is 5.32. The van der Waals surface area contributed by atoms with E-state index in [-0.39, 0.29) is 5.91 Å². The van der Waals surface area contributed by atoms with Crippen molar-refractivity contribution in [2.24, 2.45) is 0 Å². The minimum absolute atomic E-state index is 0.0499. The molecule has 4 nitrogen and oxygen atoms in total. The standard InChI is InChI=1S/C12H18N2O2/c1-16-9-8-14-12(15)7-4-10-2-5-11(13)6-3-10/h2-3,5-6H,4,7-9,13H2,1H3,(H,14,15). The lowest BCUT2D eigenvalue weighted by atomic mass is 10.1. The smallest absolute Gasteiger partial charge is 0.220 e. The Morgan fingerprint density at radius 3 is 2.69 bits per heavy atom. The molecule has 0 heterocycles. The second-order valence-electron chi connectivity index (χ2n) is 3.58. The summed E-state index contributed by atoms with van der Waals surface area (Å²) in [4.78, 5) is 11.4. The van der Waals surface area contributed by atoms with Gasteiger partial charge in [0, 0.05) is 25.8 Å². The number of amides is 1. The number of hydrogen-bond acceptors (Lipinski definition) is 3. The summed E-state index contributed by atoms with van der Waals surface area (Å²) in [5.41, 5.74) is 7.44. The predicted molar refractivity (Wildman–Crippen MR) is 64.1 cm³/mol. The van der Waals surface area contributed by atoms with Crippen molar-refractivity contribution in [1.29, 1.82) is 0 Å². The van der Waals surface area contributed by atoms with Crippen LogP contribution in [0.25, 0.3) is 0 Å². The number of rotatable bonds is 6. The molecule has 0 spiro atoms. The van der Waals surface area contributed by atoms with Gasteiger partial charge < -0.3 is 15.8 Å². The van der Waals surface area contributed by atoms with Crippen LogP contribution in [-0.4, -0.2) is 26.2 Å². The van der Waals surface area contributed by atoms with Crippen LogP contribution in [-0.2, 0) is 16.0 Å². The van der Waals surface area contributed by atoms with Gasteiger partial charge in [0.15, 0.2) is 0 Å². The van der Waals surface area contributed by atoms with Crippen molar-refractivity contribution in [2.45, 2.75) is 12.8 Å². The van der Waals surface area contributed by atoms with Crippen LogP contribution in [0.3, 0.4) is 0 Å². The number of nitrogens with two attached hydrogens (primary N) is 1. The van der Waals surface area contributed by atoms with E-state index in [4.69, 9.17) is 10.5 Å². The first-order chi connectivity index (χ1) is 7.72. The summed E-state index contributed by atoms with van der Waals surface area (Å²) in [7, 11) is 1.61. The number of aryl methyl sites for hydroxylation is 1. The van der Waals surface area contributed by atoms with Gasteiger partial charge in [0.2, 0.25) is 5.91 Å². The first kappa shape index (κ1) is 12.5. The summed E-state index contributed by atoms with van der Waals surface area (Å²) in [6, 6.07) is 7.58. The van der Waals surface area contributed by atoms with Crippen molar-refractivity contribution in [3.63, 3.8) is 0 Å². The number of methoxy groups -OCH3 is 1.